The topological polar surface area (TPSA) is 68.3 Å². The zero-order valence-electron chi connectivity index (χ0n) is 12.4. The molecule has 7 heteroatoms. The van der Waals surface area contributed by atoms with Crippen LogP contribution in [0, 0.1) is 0 Å². The maximum Gasteiger partial charge on any atom is 0.236 e. The lowest BCUT2D eigenvalue weighted by Crippen LogP contribution is -2.28. The summed E-state index contributed by atoms with van der Waals surface area (Å²) in [5, 5.41) is 7.60. The number of carbonyl (C=O) groups is 1. The van der Waals surface area contributed by atoms with Crippen LogP contribution in [0.5, 0.6) is 0 Å². The Morgan fingerprint density at radius 3 is 2.71 bits per heavy atom. The smallest absolute Gasteiger partial charge is 0.236 e. The summed E-state index contributed by atoms with van der Waals surface area (Å²) >= 11 is 12.1. The molecule has 122 valence electrons. The third-order valence-corrected chi connectivity index (χ3v) is 4.97. The van der Waals surface area contributed by atoms with E-state index in [0.29, 0.717) is 45.8 Å². The molecule has 1 N–H and O–H groups in total. The summed E-state index contributed by atoms with van der Waals surface area (Å²) in [6.45, 7) is 0. The Labute approximate surface area is 147 Å². The van der Waals surface area contributed by atoms with Crippen LogP contribution in [0.4, 0.5) is 5.69 Å². The average molecular weight is 363 g/mol. The Bertz CT molecular complexity index is 898. The number of halogens is 2. The van der Waals surface area contributed by atoms with E-state index in [9.17, 15) is 4.79 Å². The van der Waals surface area contributed by atoms with Crippen LogP contribution in [0.2, 0.25) is 10.0 Å². The van der Waals surface area contributed by atoms with Gasteiger partial charge in [0, 0.05) is 6.07 Å². The molecular weight excluding hydrogens is 351 g/mol. The van der Waals surface area contributed by atoms with Crippen LogP contribution >= 0.6 is 23.2 Å². The average Bonchev–Trinajstić information content (AvgIpc) is 3.01. The second-order valence-corrected chi connectivity index (χ2v) is 6.48. The minimum Gasteiger partial charge on any atom is -0.461 e. The fourth-order valence-electron chi connectivity index (χ4n) is 2.60. The van der Waals surface area contributed by atoms with E-state index in [1.54, 1.807) is 42.7 Å². The minimum atomic E-state index is -0.694. The highest BCUT2D eigenvalue weighted by Crippen LogP contribution is 2.49. The first-order valence-corrected chi connectivity index (χ1v) is 8.12. The van der Waals surface area contributed by atoms with Gasteiger partial charge in [-0.2, -0.15) is 0 Å². The molecule has 3 aromatic rings. The fraction of sp³-hybridized carbons (Fsp3) is 0.176. The number of nitrogens with one attached hydrogen (secondary N) is 1. The Morgan fingerprint density at radius 1 is 1.17 bits per heavy atom. The van der Waals surface area contributed by atoms with Crippen molar-refractivity contribution in [2.24, 2.45) is 0 Å². The molecule has 1 aliphatic rings. The molecule has 24 heavy (non-hydrogen) atoms. The molecule has 0 spiro atoms. The minimum absolute atomic E-state index is 0.175. The third kappa shape index (κ3) is 2.50. The van der Waals surface area contributed by atoms with Crippen molar-refractivity contribution in [1.29, 1.82) is 0 Å². The number of amides is 1. The summed E-state index contributed by atoms with van der Waals surface area (Å²) in [6, 6.07) is 10.4. The quantitative estimate of drug-likeness (QED) is 0.715. The first kappa shape index (κ1) is 15.3. The van der Waals surface area contributed by atoms with Crippen molar-refractivity contribution in [1.82, 2.24) is 5.16 Å². The highest BCUT2D eigenvalue weighted by Gasteiger charge is 2.54. The lowest BCUT2D eigenvalue weighted by Gasteiger charge is -2.13. The van der Waals surface area contributed by atoms with E-state index in [4.69, 9.17) is 32.1 Å². The van der Waals surface area contributed by atoms with Crippen molar-refractivity contribution in [3.05, 3.63) is 58.4 Å². The van der Waals surface area contributed by atoms with Gasteiger partial charge >= 0.3 is 0 Å². The van der Waals surface area contributed by atoms with Crippen molar-refractivity contribution in [3.8, 4) is 11.5 Å². The molecule has 1 aromatic carbocycles. The van der Waals surface area contributed by atoms with Gasteiger partial charge in [0.2, 0.25) is 11.7 Å². The molecule has 0 aliphatic heterocycles. The van der Waals surface area contributed by atoms with Gasteiger partial charge in [-0.15, -0.1) is 0 Å². The number of furan rings is 1. The van der Waals surface area contributed by atoms with E-state index in [1.165, 1.54) is 0 Å². The molecule has 1 saturated carbocycles. The molecule has 0 unspecified atom stereocenters. The number of anilines is 1. The monoisotopic (exact) mass is 362 g/mol. The van der Waals surface area contributed by atoms with Gasteiger partial charge in [-0.1, -0.05) is 34.4 Å². The highest BCUT2D eigenvalue weighted by atomic mass is 35.5. The largest absolute Gasteiger partial charge is 0.461 e. The number of carbonyl (C=O) groups excluding carboxylic acids is 1. The normalized spacial score (nSPS) is 15.2. The van der Waals surface area contributed by atoms with Gasteiger partial charge in [-0.25, -0.2) is 0 Å². The molecule has 0 bridgehead atoms. The first-order chi connectivity index (χ1) is 11.6. The Morgan fingerprint density at radius 2 is 2.00 bits per heavy atom. The van der Waals surface area contributed by atoms with E-state index in [1.807, 2.05) is 0 Å². The highest BCUT2D eigenvalue weighted by molar-refractivity contribution is 6.44. The Balaban J connectivity index is 1.59. The number of aromatic nitrogens is 1. The SMILES string of the molecule is O=C(Nc1cccc(Cl)c1Cl)C1(c2cc(-c3ccco3)on2)CC1. The number of hydrogen-bond donors (Lipinski definition) is 1. The van der Waals surface area contributed by atoms with Crippen LogP contribution in [0.3, 0.4) is 0 Å². The van der Waals surface area contributed by atoms with Gasteiger partial charge in [-0.3, -0.25) is 4.79 Å². The van der Waals surface area contributed by atoms with Crippen LogP contribution in [-0.4, -0.2) is 11.1 Å². The standard InChI is InChI=1S/C17H12Cl2N2O3/c18-10-3-1-4-11(15(10)19)20-16(22)17(6-7-17)14-9-13(24-21-14)12-5-2-8-23-12/h1-5,8-9H,6-7H2,(H,20,22). The van der Waals surface area contributed by atoms with E-state index in [0.717, 1.165) is 0 Å². The molecule has 0 saturated heterocycles. The predicted octanol–water partition coefficient (Wildman–Crippen LogP) is 4.91. The lowest BCUT2D eigenvalue weighted by atomic mass is 10.0. The van der Waals surface area contributed by atoms with Crippen molar-refractivity contribution < 1.29 is 13.7 Å². The summed E-state index contributed by atoms with van der Waals surface area (Å²) in [6.07, 6.45) is 2.95. The summed E-state index contributed by atoms with van der Waals surface area (Å²) < 4.78 is 10.6. The van der Waals surface area contributed by atoms with Gasteiger partial charge in [0.25, 0.3) is 0 Å². The molecule has 1 amide bonds. The van der Waals surface area contributed by atoms with Gasteiger partial charge in [-0.05, 0) is 37.1 Å². The van der Waals surface area contributed by atoms with Gasteiger partial charge in [0.15, 0.2) is 5.76 Å². The first-order valence-electron chi connectivity index (χ1n) is 7.37. The van der Waals surface area contributed by atoms with E-state index >= 15 is 0 Å². The lowest BCUT2D eigenvalue weighted by molar-refractivity contribution is -0.118. The molecule has 1 fully saturated rings. The van der Waals surface area contributed by atoms with Crippen molar-refractivity contribution in [2.75, 3.05) is 5.32 Å². The summed E-state index contributed by atoms with van der Waals surface area (Å²) in [4.78, 5) is 12.7. The molecule has 2 heterocycles. The van der Waals surface area contributed by atoms with E-state index in [-0.39, 0.29) is 5.91 Å². The molecule has 5 nitrogen and oxygen atoms in total. The predicted molar refractivity (Wildman–Crippen MR) is 90.2 cm³/mol. The molecule has 2 aromatic heterocycles. The maximum absolute atomic E-state index is 12.7. The summed E-state index contributed by atoms with van der Waals surface area (Å²) in [5.74, 6) is 0.892. The number of hydrogen-bond acceptors (Lipinski definition) is 4. The molecule has 0 radical (unpaired) electrons. The van der Waals surface area contributed by atoms with Crippen LogP contribution in [0.25, 0.3) is 11.5 Å². The number of nitrogens with zero attached hydrogens (tertiary/aromatic N) is 1. The van der Waals surface area contributed by atoms with Crippen LogP contribution in [0.15, 0.2) is 51.6 Å². The number of rotatable bonds is 4. The number of benzene rings is 1. The third-order valence-electron chi connectivity index (χ3n) is 4.15. The maximum atomic E-state index is 12.7. The zero-order valence-corrected chi connectivity index (χ0v) is 13.9. The van der Waals surface area contributed by atoms with Crippen molar-refractivity contribution in [3.63, 3.8) is 0 Å². The van der Waals surface area contributed by atoms with Gasteiger partial charge in [0.1, 0.15) is 0 Å². The summed E-state index contributed by atoms with van der Waals surface area (Å²) in [7, 11) is 0. The van der Waals surface area contributed by atoms with Gasteiger partial charge in [0.05, 0.1) is 33.1 Å². The van der Waals surface area contributed by atoms with Gasteiger partial charge < -0.3 is 14.3 Å². The van der Waals surface area contributed by atoms with E-state index < -0.39 is 5.41 Å². The molecular formula is C17H12Cl2N2O3. The van der Waals surface area contributed by atoms with E-state index in [2.05, 4.69) is 10.5 Å². The second-order valence-electron chi connectivity index (χ2n) is 5.69. The molecule has 4 rings (SSSR count). The van der Waals surface area contributed by atoms with Crippen molar-refractivity contribution >= 4 is 34.8 Å². The fourth-order valence-corrected chi connectivity index (χ4v) is 2.95. The molecule has 0 atom stereocenters. The molecule has 1 aliphatic carbocycles. The Hall–Kier alpha value is -2.24. The van der Waals surface area contributed by atoms with Crippen LogP contribution in [0.1, 0.15) is 18.5 Å². The zero-order chi connectivity index (χ0) is 16.7. The Kier molecular flexibility index (Phi) is 3.62. The second kappa shape index (κ2) is 5.69. The van der Waals surface area contributed by atoms with Crippen LogP contribution in [-0.2, 0) is 10.2 Å². The van der Waals surface area contributed by atoms with Crippen LogP contribution < -0.4 is 5.32 Å². The van der Waals surface area contributed by atoms with Crippen molar-refractivity contribution in [2.45, 2.75) is 18.3 Å². The summed E-state index contributed by atoms with van der Waals surface area (Å²) in [5.41, 5.74) is 0.375.